The number of benzene rings is 1. The zero-order chi connectivity index (χ0) is 17.8. The van der Waals surface area contributed by atoms with Crippen molar-refractivity contribution in [3.63, 3.8) is 0 Å². The highest BCUT2D eigenvalue weighted by Gasteiger charge is 2.20. The molecule has 1 aromatic carbocycles. The minimum absolute atomic E-state index is 0.189. The van der Waals surface area contributed by atoms with Crippen LogP contribution >= 0.6 is 0 Å². The van der Waals surface area contributed by atoms with Crippen molar-refractivity contribution in [1.29, 1.82) is 0 Å². The maximum Gasteiger partial charge on any atom is 0.227 e. The summed E-state index contributed by atoms with van der Waals surface area (Å²) in [5.74, 6) is 1.69. The van der Waals surface area contributed by atoms with E-state index >= 15 is 0 Å². The Kier molecular flexibility index (Phi) is 5.18. The molecule has 2 aromatic rings. The fourth-order valence-corrected chi connectivity index (χ4v) is 3.78. The van der Waals surface area contributed by atoms with Gasteiger partial charge in [-0.05, 0) is 43.2 Å². The Labute approximate surface area is 154 Å². The lowest BCUT2D eigenvalue weighted by atomic mass is 10.2. The minimum Gasteiger partial charge on any atom is -0.368 e. The molecule has 0 spiro atoms. The summed E-state index contributed by atoms with van der Waals surface area (Å²) in [6, 6.07) is 8.78. The number of halogens is 1. The van der Waals surface area contributed by atoms with Gasteiger partial charge in [-0.2, -0.15) is 4.98 Å². The van der Waals surface area contributed by atoms with Crippen LogP contribution in [0.15, 0.2) is 36.5 Å². The molecular formula is C20H26FN5. The number of hydrogen-bond donors (Lipinski definition) is 0. The Bertz CT molecular complexity index is 704. The molecule has 26 heavy (non-hydrogen) atoms. The molecule has 2 fully saturated rings. The normalized spacial score (nSPS) is 18.7. The van der Waals surface area contributed by atoms with Gasteiger partial charge in [0, 0.05) is 51.2 Å². The molecule has 1 aromatic heterocycles. The maximum atomic E-state index is 13.1. The molecule has 4 rings (SSSR count). The lowest BCUT2D eigenvalue weighted by molar-refractivity contribution is 0.623. The van der Waals surface area contributed by atoms with E-state index in [-0.39, 0.29) is 5.82 Å². The van der Waals surface area contributed by atoms with Gasteiger partial charge in [0.25, 0.3) is 0 Å². The molecule has 0 bridgehead atoms. The molecule has 0 unspecified atom stereocenters. The minimum atomic E-state index is -0.189. The zero-order valence-corrected chi connectivity index (χ0v) is 15.1. The summed E-state index contributed by atoms with van der Waals surface area (Å²) < 4.78 is 13.1. The Hall–Kier alpha value is -2.37. The van der Waals surface area contributed by atoms with Crippen LogP contribution in [-0.2, 0) is 0 Å². The SMILES string of the molecule is Fc1ccc(N2CCN(c3nccc(N4CCCCCC4)n3)CC2)cc1. The average Bonchev–Trinajstić information content (AvgIpc) is 2.98. The highest BCUT2D eigenvalue weighted by atomic mass is 19.1. The van der Waals surface area contributed by atoms with E-state index in [0.717, 1.165) is 56.7 Å². The van der Waals surface area contributed by atoms with Crippen LogP contribution in [0.25, 0.3) is 0 Å². The van der Waals surface area contributed by atoms with E-state index in [0.29, 0.717) is 0 Å². The third-order valence-corrected chi connectivity index (χ3v) is 5.31. The van der Waals surface area contributed by atoms with E-state index in [1.165, 1.54) is 37.8 Å². The smallest absolute Gasteiger partial charge is 0.227 e. The van der Waals surface area contributed by atoms with Crippen LogP contribution in [0.1, 0.15) is 25.7 Å². The lowest BCUT2D eigenvalue weighted by Crippen LogP contribution is -2.47. The highest BCUT2D eigenvalue weighted by Crippen LogP contribution is 2.22. The van der Waals surface area contributed by atoms with E-state index in [1.807, 2.05) is 24.4 Å². The van der Waals surface area contributed by atoms with Crippen LogP contribution in [-0.4, -0.2) is 49.2 Å². The predicted octanol–water partition coefficient (Wildman–Crippen LogP) is 3.32. The fourth-order valence-electron chi connectivity index (χ4n) is 3.78. The van der Waals surface area contributed by atoms with Crippen molar-refractivity contribution in [1.82, 2.24) is 9.97 Å². The summed E-state index contributed by atoms with van der Waals surface area (Å²) in [6.45, 7) is 5.72. The van der Waals surface area contributed by atoms with Crippen molar-refractivity contribution in [3.8, 4) is 0 Å². The first-order valence-electron chi connectivity index (χ1n) is 9.63. The number of piperazine rings is 1. The summed E-state index contributed by atoms with van der Waals surface area (Å²) in [7, 11) is 0. The van der Waals surface area contributed by atoms with Gasteiger partial charge in [0.15, 0.2) is 0 Å². The number of aromatic nitrogens is 2. The standard InChI is InChI=1S/C20H26FN5/c21-17-5-7-18(8-6-17)24-13-15-26(16-14-24)20-22-10-9-19(23-20)25-11-3-1-2-4-12-25/h5-10H,1-4,11-16H2. The van der Waals surface area contributed by atoms with Crippen LogP contribution < -0.4 is 14.7 Å². The van der Waals surface area contributed by atoms with Crippen molar-refractivity contribution in [2.45, 2.75) is 25.7 Å². The fraction of sp³-hybridized carbons (Fsp3) is 0.500. The molecule has 3 heterocycles. The molecule has 2 saturated heterocycles. The van der Waals surface area contributed by atoms with Gasteiger partial charge in [-0.25, -0.2) is 9.37 Å². The maximum absolute atomic E-state index is 13.1. The molecule has 138 valence electrons. The molecule has 0 N–H and O–H groups in total. The molecule has 6 heteroatoms. The van der Waals surface area contributed by atoms with Crippen molar-refractivity contribution >= 4 is 17.5 Å². The zero-order valence-electron chi connectivity index (χ0n) is 15.1. The van der Waals surface area contributed by atoms with Gasteiger partial charge in [0.1, 0.15) is 11.6 Å². The molecule has 0 atom stereocenters. The van der Waals surface area contributed by atoms with E-state index in [4.69, 9.17) is 4.98 Å². The van der Waals surface area contributed by atoms with E-state index in [9.17, 15) is 4.39 Å². The quantitative estimate of drug-likeness (QED) is 0.844. The van der Waals surface area contributed by atoms with Gasteiger partial charge >= 0.3 is 0 Å². The van der Waals surface area contributed by atoms with Gasteiger partial charge in [0.2, 0.25) is 5.95 Å². The van der Waals surface area contributed by atoms with Gasteiger partial charge < -0.3 is 14.7 Å². The van der Waals surface area contributed by atoms with Crippen LogP contribution in [0.3, 0.4) is 0 Å². The summed E-state index contributed by atoms with van der Waals surface area (Å²) in [4.78, 5) is 16.3. The van der Waals surface area contributed by atoms with Crippen molar-refractivity contribution in [3.05, 3.63) is 42.3 Å². The number of hydrogen-bond acceptors (Lipinski definition) is 5. The van der Waals surface area contributed by atoms with Crippen LogP contribution in [0.5, 0.6) is 0 Å². The third-order valence-electron chi connectivity index (χ3n) is 5.31. The Balaban J connectivity index is 1.41. The molecule has 5 nitrogen and oxygen atoms in total. The first kappa shape index (κ1) is 17.1. The third kappa shape index (κ3) is 3.89. The summed E-state index contributed by atoms with van der Waals surface area (Å²) in [5.41, 5.74) is 1.07. The number of anilines is 3. The molecule has 0 amide bonds. The first-order chi connectivity index (χ1) is 12.8. The second kappa shape index (κ2) is 7.89. The summed E-state index contributed by atoms with van der Waals surface area (Å²) >= 11 is 0. The highest BCUT2D eigenvalue weighted by molar-refractivity contribution is 5.49. The van der Waals surface area contributed by atoms with E-state index < -0.39 is 0 Å². The molecule has 0 aliphatic carbocycles. The van der Waals surface area contributed by atoms with E-state index in [1.54, 1.807) is 0 Å². The first-order valence-corrected chi connectivity index (χ1v) is 9.63. The molecule has 0 saturated carbocycles. The molecule has 2 aliphatic rings. The summed E-state index contributed by atoms with van der Waals surface area (Å²) in [6.07, 6.45) is 7.01. The van der Waals surface area contributed by atoms with Crippen molar-refractivity contribution in [2.24, 2.45) is 0 Å². The largest absolute Gasteiger partial charge is 0.368 e. The number of nitrogens with zero attached hydrogens (tertiary/aromatic N) is 5. The van der Waals surface area contributed by atoms with Crippen LogP contribution in [0, 0.1) is 5.82 Å². The Morgan fingerprint density at radius 2 is 1.35 bits per heavy atom. The lowest BCUT2D eigenvalue weighted by Gasteiger charge is -2.36. The second-order valence-corrected chi connectivity index (χ2v) is 7.07. The van der Waals surface area contributed by atoms with Gasteiger partial charge in [0.05, 0.1) is 0 Å². The number of rotatable bonds is 3. The Morgan fingerprint density at radius 3 is 2.04 bits per heavy atom. The van der Waals surface area contributed by atoms with Gasteiger partial charge in [-0.15, -0.1) is 0 Å². The van der Waals surface area contributed by atoms with Gasteiger partial charge in [-0.3, -0.25) is 0 Å². The Morgan fingerprint density at radius 1 is 0.692 bits per heavy atom. The second-order valence-electron chi connectivity index (χ2n) is 7.07. The predicted molar refractivity (Wildman–Crippen MR) is 104 cm³/mol. The molecule has 0 radical (unpaired) electrons. The molecular weight excluding hydrogens is 329 g/mol. The van der Waals surface area contributed by atoms with Crippen molar-refractivity contribution in [2.75, 3.05) is 54.0 Å². The average molecular weight is 355 g/mol. The monoisotopic (exact) mass is 355 g/mol. The van der Waals surface area contributed by atoms with Crippen LogP contribution in [0.4, 0.5) is 21.8 Å². The van der Waals surface area contributed by atoms with Gasteiger partial charge in [-0.1, -0.05) is 12.8 Å². The molecule has 2 aliphatic heterocycles. The van der Waals surface area contributed by atoms with Crippen LogP contribution in [0.2, 0.25) is 0 Å². The topological polar surface area (TPSA) is 35.5 Å². The van der Waals surface area contributed by atoms with Crippen molar-refractivity contribution < 1.29 is 4.39 Å². The van der Waals surface area contributed by atoms with E-state index in [2.05, 4.69) is 19.7 Å². The summed E-state index contributed by atoms with van der Waals surface area (Å²) in [5, 5.41) is 0.